The minimum Gasteiger partial charge on any atom is -0.0619 e. The summed E-state index contributed by atoms with van der Waals surface area (Å²) in [6.07, 6.45) is 0. The SMILES string of the molecule is CC1(C)c2ccccc2-c2ccc(-c3ccc4c(-c5cc6ccccc6c6ccccc56)c5ccccc5c(-c5ccc6c(c5)C(C)(C)c5ccccc5-6)c4c3)cc21. The molecule has 0 fully saturated rings. The Bertz CT molecular complexity index is 3390. The minimum absolute atomic E-state index is 0.0702. The van der Waals surface area contributed by atoms with Crippen LogP contribution in [0.3, 0.4) is 0 Å². The van der Waals surface area contributed by atoms with Gasteiger partial charge < -0.3 is 0 Å². The Morgan fingerprint density at radius 2 is 0.707 bits per heavy atom. The second-order valence-electron chi connectivity index (χ2n) is 17.6. The standard InChI is InChI=1S/C58H42/c1-57(2)51-23-13-11-19-42(51)44-28-25-36(33-53(44)57)35-26-30-48-50(31-35)55(38-27-29-45-43-20-12-14-24-52(43)58(3,4)54(45)34-38)46-21-9-10-22-47(46)56(48)49-32-37-15-5-6-16-39(37)40-17-7-8-18-41(40)49/h5-34H,1-4H3. The molecule has 0 saturated carbocycles. The molecule has 12 rings (SSSR count). The Labute approximate surface area is 340 Å². The van der Waals surface area contributed by atoms with Crippen molar-refractivity contribution in [3.8, 4) is 55.6 Å². The van der Waals surface area contributed by atoms with E-state index in [9.17, 15) is 0 Å². The highest BCUT2D eigenvalue weighted by Gasteiger charge is 2.37. The van der Waals surface area contributed by atoms with Crippen molar-refractivity contribution in [2.24, 2.45) is 0 Å². The third-order valence-corrected chi connectivity index (χ3v) is 13.9. The van der Waals surface area contributed by atoms with E-state index in [1.54, 1.807) is 0 Å². The average molecular weight is 739 g/mol. The average Bonchev–Trinajstić information content (AvgIpc) is 3.64. The predicted octanol–water partition coefficient (Wildman–Crippen LogP) is 15.9. The lowest BCUT2D eigenvalue weighted by Gasteiger charge is -2.24. The Balaban J connectivity index is 1.17. The van der Waals surface area contributed by atoms with Gasteiger partial charge in [-0.05, 0) is 145 Å². The molecule has 2 aliphatic carbocycles. The van der Waals surface area contributed by atoms with Crippen LogP contribution in [0.2, 0.25) is 0 Å². The summed E-state index contributed by atoms with van der Waals surface area (Å²) in [5.74, 6) is 0. The molecule has 274 valence electrons. The van der Waals surface area contributed by atoms with E-state index in [4.69, 9.17) is 0 Å². The third kappa shape index (κ3) is 4.52. The van der Waals surface area contributed by atoms with E-state index in [0.29, 0.717) is 0 Å². The van der Waals surface area contributed by atoms with Crippen molar-refractivity contribution in [2.75, 3.05) is 0 Å². The van der Waals surface area contributed by atoms with Gasteiger partial charge in [0.1, 0.15) is 0 Å². The molecule has 58 heavy (non-hydrogen) atoms. The number of hydrogen-bond donors (Lipinski definition) is 0. The lowest BCUT2D eigenvalue weighted by atomic mass is 9.79. The highest BCUT2D eigenvalue weighted by molar-refractivity contribution is 6.26. The summed E-state index contributed by atoms with van der Waals surface area (Å²) in [6, 6.07) is 69.0. The first-order valence-electron chi connectivity index (χ1n) is 20.7. The van der Waals surface area contributed by atoms with Crippen LogP contribution in [-0.2, 0) is 10.8 Å². The summed E-state index contributed by atoms with van der Waals surface area (Å²) < 4.78 is 0. The summed E-state index contributed by atoms with van der Waals surface area (Å²) in [5.41, 5.74) is 18.5. The second-order valence-corrected chi connectivity index (χ2v) is 17.6. The summed E-state index contributed by atoms with van der Waals surface area (Å²) in [7, 11) is 0. The lowest BCUT2D eigenvalue weighted by Crippen LogP contribution is -2.14. The van der Waals surface area contributed by atoms with E-state index in [-0.39, 0.29) is 10.8 Å². The van der Waals surface area contributed by atoms with Crippen LogP contribution >= 0.6 is 0 Å². The van der Waals surface area contributed by atoms with Gasteiger partial charge in [0.2, 0.25) is 0 Å². The maximum atomic E-state index is 2.50. The van der Waals surface area contributed by atoms with Crippen molar-refractivity contribution >= 4 is 43.1 Å². The quantitative estimate of drug-likeness (QED) is 0.125. The molecule has 10 aromatic rings. The minimum atomic E-state index is -0.0997. The van der Waals surface area contributed by atoms with Crippen LogP contribution in [-0.4, -0.2) is 0 Å². The van der Waals surface area contributed by atoms with Crippen molar-refractivity contribution in [3.63, 3.8) is 0 Å². The number of benzene rings is 10. The third-order valence-electron chi connectivity index (χ3n) is 13.9. The summed E-state index contributed by atoms with van der Waals surface area (Å²) in [6.45, 7) is 9.52. The van der Waals surface area contributed by atoms with Gasteiger partial charge in [-0.15, -0.1) is 0 Å². The molecule has 0 unspecified atom stereocenters. The smallest absolute Gasteiger partial charge is 0.0159 e. The fraction of sp³-hybridized carbons (Fsp3) is 0.103. The molecule has 0 aliphatic heterocycles. The molecular weight excluding hydrogens is 697 g/mol. The molecule has 0 spiro atoms. The van der Waals surface area contributed by atoms with Gasteiger partial charge in [0.25, 0.3) is 0 Å². The zero-order chi connectivity index (χ0) is 38.9. The first-order chi connectivity index (χ1) is 28.3. The molecule has 0 saturated heterocycles. The van der Waals surface area contributed by atoms with Gasteiger partial charge in [-0.3, -0.25) is 0 Å². The van der Waals surface area contributed by atoms with Crippen LogP contribution in [0, 0.1) is 0 Å². The normalized spacial score (nSPS) is 14.5. The van der Waals surface area contributed by atoms with Crippen LogP contribution in [0.5, 0.6) is 0 Å². The van der Waals surface area contributed by atoms with Crippen LogP contribution in [0.4, 0.5) is 0 Å². The highest BCUT2D eigenvalue weighted by Crippen LogP contribution is 2.53. The van der Waals surface area contributed by atoms with E-state index in [1.807, 2.05) is 0 Å². The van der Waals surface area contributed by atoms with E-state index < -0.39 is 0 Å². The number of hydrogen-bond acceptors (Lipinski definition) is 0. The van der Waals surface area contributed by atoms with Crippen LogP contribution in [0.25, 0.3) is 98.7 Å². The van der Waals surface area contributed by atoms with Gasteiger partial charge in [-0.25, -0.2) is 0 Å². The zero-order valence-corrected chi connectivity index (χ0v) is 33.3. The topological polar surface area (TPSA) is 0 Å². The Kier molecular flexibility index (Phi) is 6.84. The first-order valence-corrected chi connectivity index (χ1v) is 20.7. The lowest BCUT2D eigenvalue weighted by molar-refractivity contribution is 0.660. The molecule has 0 radical (unpaired) electrons. The molecular formula is C58H42. The van der Waals surface area contributed by atoms with E-state index in [0.717, 1.165) is 0 Å². The Morgan fingerprint density at radius 1 is 0.259 bits per heavy atom. The largest absolute Gasteiger partial charge is 0.0619 e. The summed E-state index contributed by atoms with van der Waals surface area (Å²) in [4.78, 5) is 0. The maximum absolute atomic E-state index is 2.50. The van der Waals surface area contributed by atoms with Gasteiger partial charge in [0.05, 0.1) is 0 Å². The summed E-state index contributed by atoms with van der Waals surface area (Å²) in [5, 5.41) is 10.2. The number of rotatable bonds is 3. The van der Waals surface area contributed by atoms with Gasteiger partial charge in [-0.1, -0.05) is 185 Å². The maximum Gasteiger partial charge on any atom is 0.0159 e. The predicted molar refractivity (Wildman–Crippen MR) is 248 cm³/mol. The highest BCUT2D eigenvalue weighted by atomic mass is 14.4. The van der Waals surface area contributed by atoms with Crippen LogP contribution < -0.4 is 0 Å². The molecule has 0 aromatic heterocycles. The van der Waals surface area contributed by atoms with Gasteiger partial charge in [0, 0.05) is 10.8 Å². The van der Waals surface area contributed by atoms with Crippen molar-refractivity contribution in [3.05, 3.63) is 204 Å². The Morgan fingerprint density at radius 3 is 1.38 bits per heavy atom. The van der Waals surface area contributed by atoms with Crippen molar-refractivity contribution in [1.82, 2.24) is 0 Å². The molecule has 0 heterocycles. The van der Waals surface area contributed by atoms with E-state index in [1.165, 1.54) is 121 Å². The van der Waals surface area contributed by atoms with Crippen molar-refractivity contribution in [2.45, 2.75) is 38.5 Å². The molecule has 0 nitrogen and oxygen atoms in total. The first kappa shape index (κ1) is 33.4. The Hall–Kier alpha value is -6.76. The van der Waals surface area contributed by atoms with Crippen LogP contribution in [0.15, 0.2) is 182 Å². The number of fused-ring (bicyclic) bond motifs is 11. The van der Waals surface area contributed by atoms with Crippen molar-refractivity contribution < 1.29 is 0 Å². The second kappa shape index (κ2) is 11.9. The molecule has 0 heteroatoms. The molecule has 0 bridgehead atoms. The molecule has 0 N–H and O–H groups in total. The molecule has 10 aromatic carbocycles. The molecule has 2 aliphatic rings. The summed E-state index contributed by atoms with van der Waals surface area (Å²) >= 11 is 0. The van der Waals surface area contributed by atoms with Gasteiger partial charge >= 0.3 is 0 Å². The monoisotopic (exact) mass is 738 g/mol. The van der Waals surface area contributed by atoms with Gasteiger partial charge in [-0.2, -0.15) is 0 Å². The van der Waals surface area contributed by atoms with E-state index in [2.05, 4.69) is 210 Å². The fourth-order valence-electron chi connectivity index (χ4n) is 11.0. The fourth-order valence-corrected chi connectivity index (χ4v) is 11.0. The molecule has 0 amide bonds. The van der Waals surface area contributed by atoms with E-state index >= 15 is 0 Å². The van der Waals surface area contributed by atoms with Gasteiger partial charge in [0.15, 0.2) is 0 Å². The zero-order valence-electron chi connectivity index (χ0n) is 33.3. The molecule has 0 atom stereocenters. The van der Waals surface area contributed by atoms with Crippen molar-refractivity contribution in [1.29, 1.82) is 0 Å². The van der Waals surface area contributed by atoms with Crippen LogP contribution in [0.1, 0.15) is 49.9 Å².